The summed E-state index contributed by atoms with van der Waals surface area (Å²) in [6, 6.07) is 5.82. The van der Waals surface area contributed by atoms with Gasteiger partial charge in [0.05, 0.1) is 64.2 Å². The molecular weight excluding hydrogens is 570 g/mol. The Hall–Kier alpha value is -4.50. The molecule has 1 aliphatic heterocycles. The van der Waals surface area contributed by atoms with Crippen LogP contribution in [-0.4, -0.2) is 105 Å². The average Bonchev–Trinajstić information content (AvgIpc) is 2.95. The van der Waals surface area contributed by atoms with E-state index in [9.17, 15) is 19.5 Å². The number of methoxy groups -OCH3 is 3. The lowest BCUT2D eigenvalue weighted by atomic mass is 9.74. The first-order valence-electron chi connectivity index (χ1n) is 13.3. The molecule has 0 amide bonds. The van der Waals surface area contributed by atoms with Gasteiger partial charge < -0.3 is 44.5 Å². The van der Waals surface area contributed by atoms with Gasteiger partial charge in [-0.2, -0.15) is 0 Å². The number of carboxylic acids is 3. The van der Waals surface area contributed by atoms with Gasteiger partial charge in [-0.1, -0.05) is 0 Å². The second-order valence-corrected chi connectivity index (χ2v) is 9.93. The number of ether oxygens (including phenoxy) is 4. The zero-order chi connectivity index (χ0) is 31.9. The lowest BCUT2D eigenvalue weighted by molar-refractivity contribution is -0.170. The van der Waals surface area contributed by atoms with E-state index in [2.05, 4.69) is 10.2 Å². The van der Waals surface area contributed by atoms with Crippen molar-refractivity contribution in [1.29, 1.82) is 0 Å². The third-order valence-electron chi connectivity index (χ3n) is 7.05. The Morgan fingerprint density at radius 1 is 0.907 bits per heavy atom. The Bertz CT molecular complexity index is 1360. The summed E-state index contributed by atoms with van der Waals surface area (Å²) in [4.78, 5) is 35.6. The Morgan fingerprint density at radius 3 is 2.12 bits per heavy atom. The van der Waals surface area contributed by atoms with E-state index >= 15 is 0 Å². The molecule has 43 heavy (non-hydrogen) atoms. The highest BCUT2D eigenvalue weighted by atomic mass is 16.5. The number of benzene rings is 1. The molecule has 0 bridgehead atoms. The summed E-state index contributed by atoms with van der Waals surface area (Å²) in [6.07, 6.45) is -0.407. The molecule has 15 nitrogen and oxygen atoms in total. The Morgan fingerprint density at radius 2 is 1.58 bits per heavy atom. The van der Waals surface area contributed by atoms with E-state index in [1.54, 1.807) is 27.4 Å². The molecule has 0 unspecified atom stereocenters. The van der Waals surface area contributed by atoms with Crippen LogP contribution < -0.4 is 18.9 Å². The summed E-state index contributed by atoms with van der Waals surface area (Å²) >= 11 is 0. The van der Waals surface area contributed by atoms with Crippen molar-refractivity contribution in [2.24, 2.45) is 4.99 Å². The van der Waals surface area contributed by atoms with Gasteiger partial charge in [0.25, 0.3) is 0 Å². The van der Waals surface area contributed by atoms with Crippen molar-refractivity contribution in [1.82, 2.24) is 10.2 Å². The minimum absolute atomic E-state index is 0.0580. The van der Waals surface area contributed by atoms with E-state index in [1.807, 2.05) is 19.1 Å². The lowest BCUT2D eigenvalue weighted by Crippen LogP contribution is -2.42. The normalized spacial score (nSPS) is 18.9. The predicted molar refractivity (Wildman–Crippen MR) is 148 cm³/mol. The molecule has 15 heteroatoms. The third-order valence-corrected chi connectivity index (χ3v) is 7.05. The average molecular weight is 606 g/mol. The zero-order valence-corrected chi connectivity index (χ0v) is 24.1. The molecule has 2 heterocycles. The molecule has 1 saturated carbocycles. The van der Waals surface area contributed by atoms with Crippen molar-refractivity contribution in [3.05, 3.63) is 34.9 Å². The Kier molecular flexibility index (Phi) is 10.8. The van der Waals surface area contributed by atoms with Crippen molar-refractivity contribution >= 4 is 23.6 Å². The third kappa shape index (κ3) is 7.67. The van der Waals surface area contributed by atoms with Crippen LogP contribution in [0.2, 0.25) is 0 Å². The maximum absolute atomic E-state index is 10.3. The van der Waals surface area contributed by atoms with Gasteiger partial charge in [-0.05, 0) is 43.9 Å². The van der Waals surface area contributed by atoms with E-state index in [-0.39, 0.29) is 18.1 Å². The van der Waals surface area contributed by atoms with E-state index < -0.39 is 36.4 Å². The monoisotopic (exact) mass is 605 g/mol. The molecule has 2 aromatic rings. The fraction of sp³-hybridized carbons (Fsp3) is 0.500. The number of aromatic nitrogens is 2. The minimum atomic E-state index is -2.74. The standard InChI is InChI=1S/C22H27N3O5.C6H8O7/c1-5-30-19-9-13-14-8-12(26)6-7-17(14)23-21(15(13)10-18(19)27-2)16-11-20(28-3)24-25-22(16)29-4;7-3(8)1-6(13,5(11)12)2-4(9)10/h9-12,14,17,26H,5-8H2,1-4H3;13H,1-2H2,(H,7,8)(H,9,10)(H,11,12)/t12-,14-,17-;/m1./s1. The maximum Gasteiger partial charge on any atom is 0.336 e. The molecular formula is C28H35N3O12. The predicted octanol–water partition coefficient (Wildman–Crippen LogP) is 1.50. The number of aliphatic carboxylic acids is 3. The van der Waals surface area contributed by atoms with Crippen LogP contribution in [0.25, 0.3) is 0 Å². The minimum Gasteiger partial charge on any atom is -0.493 e. The van der Waals surface area contributed by atoms with Crippen molar-refractivity contribution in [3.8, 4) is 23.3 Å². The zero-order valence-electron chi connectivity index (χ0n) is 24.1. The van der Waals surface area contributed by atoms with Gasteiger partial charge in [0, 0.05) is 17.5 Å². The summed E-state index contributed by atoms with van der Waals surface area (Å²) < 4.78 is 22.2. The summed E-state index contributed by atoms with van der Waals surface area (Å²) in [5, 5.41) is 52.3. The van der Waals surface area contributed by atoms with Crippen LogP contribution in [0.4, 0.5) is 0 Å². The maximum atomic E-state index is 10.3. The van der Waals surface area contributed by atoms with Gasteiger partial charge in [0.2, 0.25) is 11.8 Å². The van der Waals surface area contributed by atoms with Gasteiger partial charge in [0.1, 0.15) is 0 Å². The second-order valence-electron chi connectivity index (χ2n) is 9.93. The molecule has 3 atom stereocenters. The van der Waals surface area contributed by atoms with E-state index in [4.69, 9.17) is 44.4 Å². The highest BCUT2D eigenvalue weighted by Crippen LogP contribution is 2.45. The molecule has 1 aromatic heterocycles. The summed E-state index contributed by atoms with van der Waals surface area (Å²) in [6.45, 7) is 2.48. The van der Waals surface area contributed by atoms with Gasteiger partial charge in [-0.15, -0.1) is 10.2 Å². The number of fused-ring (bicyclic) bond motifs is 3. The molecule has 2 aliphatic rings. The number of hydrogen-bond donors (Lipinski definition) is 5. The number of aliphatic imine (C=N–C) groups is 1. The van der Waals surface area contributed by atoms with Gasteiger partial charge in [0.15, 0.2) is 17.1 Å². The fourth-order valence-corrected chi connectivity index (χ4v) is 5.08. The summed E-state index contributed by atoms with van der Waals surface area (Å²) in [7, 11) is 4.73. The van der Waals surface area contributed by atoms with Crippen LogP contribution in [0.15, 0.2) is 23.2 Å². The van der Waals surface area contributed by atoms with Crippen LogP contribution in [0, 0.1) is 0 Å². The van der Waals surface area contributed by atoms with Crippen molar-refractivity contribution in [3.63, 3.8) is 0 Å². The van der Waals surface area contributed by atoms with E-state index in [1.165, 1.54) is 0 Å². The SMILES string of the molecule is CCOc1cc2c(cc1OC)C(c1cc(OC)nnc1OC)=N[C@@H]1CC[C@@H](O)C[C@H]21.O=C(O)CC(O)(CC(=O)O)C(=O)O. The van der Waals surface area contributed by atoms with Crippen LogP contribution in [-0.2, 0) is 14.4 Å². The van der Waals surface area contributed by atoms with E-state index in [0.29, 0.717) is 41.9 Å². The number of nitrogens with zero attached hydrogens (tertiary/aromatic N) is 3. The number of hydrogen-bond acceptors (Lipinski definition) is 12. The quantitative estimate of drug-likeness (QED) is 0.245. The van der Waals surface area contributed by atoms with Crippen LogP contribution in [0.5, 0.6) is 23.3 Å². The number of aliphatic hydroxyl groups excluding tert-OH is 1. The molecule has 234 valence electrons. The largest absolute Gasteiger partial charge is 0.493 e. The fourth-order valence-electron chi connectivity index (χ4n) is 5.08. The molecule has 1 aliphatic carbocycles. The van der Waals surface area contributed by atoms with Crippen molar-refractivity contribution < 1.29 is 58.9 Å². The molecule has 0 radical (unpaired) electrons. The van der Waals surface area contributed by atoms with Gasteiger partial charge in [-0.3, -0.25) is 14.6 Å². The van der Waals surface area contributed by atoms with Gasteiger partial charge >= 0.3 is 17.9 Å². The molecule has 1 fully saturated rings. The first-order chi connectivity index (χ1) is 20.4. The first-order valence-corrected chi connectivity index (χ1v) is 13.3. The van der Waals surface area contributed by atoms with Crippen LogP contribution in [0.1, 0.15) is 61.6 Å². The van der Waals surface area contributed by atoms with Crippen LogP contribution >= 0.6 is 0 Å². The first kappa shape index (κ1) is 33.0. The smallest absolute Gasteiger partial charge is 0.336 e. The highest BCUT2D eigenvalue weighted by molar-refractivity contribution is 6.16. The highest BCUT2D eigenvalue weighted by Gasteiger charge is 2.41. The molecule has 1 aromatic carbocycles. The number of carboxylic acid groups (broad SMARTS) is 3. The molecule has 5 N–H and O–H groups in total. The van der Waals surface area contributed by atoms with Crippen molar-refractivity contribution in [2.75, 3.05) is 27.9 Å². The van der Waals surface area contributed by atoms with E-state index in [0.717, 1.165) is 29.7 Å². The van der Waals surface area contributed by atoms with Crippen molar-refractivity contribution in [2.45, 2.75) is 62.7 Å². The lowest BCUT2D eigenvalue weighted by Gasteiger charge is -2.37. The van der Waals surface area contributed by atoms with Gasteiger partial charge in [-0.25, -0.2) is 4.79 Å². The molecule has 0 spiro atoms. The summed E-state index contributed by atoms with van der Waals surface area (Å²) in [5.74, 6) is -2.83. The number of aliphatic hydroxyl groups is 2. The topological polar surface area (TPSA) is 227 Å². The van der Waals surface area contributed by atoms with Crippen LogP contribution in [0.3, 0.4) is 0 Å². The number of rotatable bonds is 11. The number of carbonyl (C=O) groups is 3. The summed E-state index contributed by atoms with van der Waals surface area (Å²) in [5.41, 5.74) is 0.734. The Labute approximate surface area is 246 Å². The Balaban J connectivity index is 0.000000331. The molecule has 0 saturated heterocycles. The second kappa shape index (κ2) is 14.1. The molecule has 4 rings (SSSR count).